The zero-order valence-electron chi connectivity index (χ0n) is 34.6. The topological polar surface area (TPSA) is 35.0 Å². The summed E-state index contributed by atoms with van der Waals surface area (Å²) in [6, 6.07) is 68.5. The Morgan fingerprint density at radius 3 is 1.58 bits per heavy atom. The van der Waals surface area contributed by atoms with E-state index in [-0.39, 0.29) is 6.10 Å². The number of aromatic nitrogens is 3. The highest BCUT2D eigenvalue weighted by atomic mass is 16.5. The minimum Gasteiger partial charge on any atom is -0.468 e. The average Bonchev–Trinajstić information content (AvgIpc) is 3.88. The zero-order chi connectivity index (χ0) is 41.9. The molecule has 0 N–H and O–H groups in total. The third-order valence-corrected chi connectivity index (χ3v) is 13.4. The van der Waals surface area contributed by atoms with Gasteiger partial charge in [-0.3, -0.25) is 4.98 Å². The van der Waals surface area contributed by atoms with Crippen LogP contribution in [0.15, 0.2) is 219 Å². The van der Waals surface area contributed by atoms with Gasteiger partial charge in [0.15, 0.2) is 5.75 Å². The second kappa shape index (κ2) is 13.5. The number of ether oxygens (including phenoxy) is 1. The Morgan fingerprint density at radius 2 is 0.984 bits per heavy atom. The molecule has 14 rings (SSSR count). The monoisotopic (exact) mass is 817 g/mol. The SMILES string of the molecule is C1=CC2=[N+](c3ccccc3)c3cc4c(cc3OC2C=C1)-c1ncccc1-c1cccc(-n2c3ccccc3c3ccccc32)c1-c1c-4cccc1-n1c2ccccc2c2ccccc21. The van der Waals surface area contributed by atoms with Crippen LogP contribution in [0, 0.1) is 0 Å². The molecule has 4 heterocycles. The molecule has 0 spiro atoms. The number of allylic oxidation sites excluding steroid dienone is 2. The maximum Gasteiger partial charge on any atom is 0.254 e. The summed E-state index contributed by atoms with van der Waals surface area (Å²) in [5.74, 6) is 0.813. The summed E-state index contributed by atoms with van der Waals surface area (Å²) < 4.78 is 14.3. The van der Waals surface area contributed by atoms with Gasteiger partial charge in [-0.05, 0) is 71.3 Å². The molecule has 11 aromatic rings. The van der Waals surface area contributed by atoms with E-state index in [0.29, 0.717) is 0 Å². The van der Waals surface area contributed by atoms with Gasteiger partial charge in [0, 0.05) is 74.3 Å². The molecule has 0 fully saturated rings. The van der Waals surface area contributed by atoms with Crippen molar-refractivity contribution in [2.45, 2.75) is 6.10 Å². The maximum absolute atomic E-state index is 6.98. The number of pyridine rings is 1. The first-order valence-electron chi connectivity index (χ1n) is 21.9. The first-order chi connectivity index (χ1) is 31.8. The van der Waals surface area contributed by atoms with Crippen molar-refractivity contribution >= 4 is 60.7 Å². The molecule has 5 heteroatoms. The molecule has 8 aromatic carbocycles. The Morgan fingerprint density at radius 1 is 0.453 bits per heavy atom. The normalized spacial score (nSPS) is 14.7. The van der Waals surface area contributed by atoms with Gasteiger partial charge in [0.2, 0.25) is 17.5 Å². The van der Waals surface area contributed by atoms with E-state index in [2.05, 4.69) is 226 Å². The molecule has 2 aliphatic carbocycles. The van der Waals surface area contributed by atoms with Crippen LogP contribution in [0.1, 0.15) is 0 Å². The van der Waals surface area contributed by atoms with Gasteiger partial charge >= 0.3 is 0 Å². The number of nitrogens with zero attached hydrogens (tertiary/aromatic N) is 4. The van der Waals surface area contributed by atoms with E-state index < -0.39 is 0 Å². The van der Waals surface area contributed by atoms with Crippen LogP contribution in [0.2, 0.25) is 0 Å². The summed E-state index contributed by atoms with van der Waals surface area (Å²) in [4.78, 5) is 5.28. The lowest BCUT2D eigenvalue weighted by atomic mass is 9.80. The number of benzene rings is 8. The lowest BCUT2D eigenvalue weighted by Gasteiger charge is -2.29. The zero-order valence-corrected chi connectivity index (χ0v) is 34.6. The first-order valence-corrected chi connectivity index (χ1v) is 21.9. The van der Waals surface area contributed by atoms with E-state index in [1.807, 2.05) is 6.20 Å². The second-order valence-electron chi connectivity index (χ2n) is 16.8. The quantitative estimate of drug-likeness (QED) is 0.167. The van der Waals surface area contributed by atoms with Gasteiger partial charge in [-0.15, -0.1) is 0 Å². The molecular formula is C59H37N4O+. The number of hydrogen-bond donors (Lipinski definition) is 0. The summed E-state index contributed by atoms with van der Waals surface area (Å²) in [6.07, 6.45) is 10.2. The molecule has 0 amide bonds. The third-order valence-electron chi connectivity index (χ3n) is 13.4. The minimum atomic E-state index is -0.240. The number of hydrogen-bond acceptors (Lipinski definition) is 2. The van der Waals surface area contributed by atoms with Crippen LogP contribution in [0.3, 0.4) is 0 Å². The molecule has 1 atom stereocenters. The standard InChI is InChI=1S/C59H37N4O/c1-2-17-37(18-3-1)61-51-30-12-13-33-55(51)64-56-36-46-45(35-54(56)61)43-24-15-32-53(63-49-28-10-6-21-40(49)41-22-7-11-29-50(41)63)58(43)57-42(44-25-16-34-60-59(44)46)23-14-31-52(57)62-47-26-8-4-19-38(47)39-20-5-9-27-48(39)62/h1-36,55H/q+1. The molecule has 0 bridgehead atoms. The minimum absolute atomic E-state index is 0.240. The highest BCUT2D eigenvalue weighted by molar-refractivity contribution is 6.15. The molecular weight excluding hydrogens is 781 g/mol. The predicted molar refractivity (Wildman–Crippen MR) is 264 cm³/mol. The molecule has 0 saturated carbocycles. The fourth-order valence-electron chi connectivity index (χ4n) is 10.8. The second-order valence-corrected chi connectivity index (χ2v) is 16.8. The van der Waals surface area contributed by atoms with E-state index in [1.54, 1.807) is 0 Å². The molecule has 3 aliphatic rings. The summed E-state index contributed by atoms with van der Waals surface area (Å²) in [5, 5.41) is 4.89. The molecule has 1 unspecified atom stereocenters. The van der Waals surface area contributed by atoms with Crippen LogP contribution in [-0.4, -0.2) is 25.9 Å². The van der Waals surface area contributed by atoms with Gasteiger partial charge in [-0.2, -0.15) is 4.58 Å². The first kappa shape index (κ1) is 35.1. The van der Waals surface area contributed by atoms with Crippen LogP contribution in [0.4, 0.5) is 11.4 Å². The van der Waals surface area contributed by atoms with Gasteiger partial charge in [-0.25, -0.2) is 0 Å². The largest absolute Gasteiger partial charge is 0.468 e. The highest BCUT2D eigenvalue weighted by Gasteiger charge is 2.38. The van der Waals surface area contributed by atoms with Gasteiger partial charge in [0.05, 0.1) is 39.1 Å². The molecule has 298 valence electrons. The Kier molecular flexibility index (Phi) is 7.39. The van der Waals surface area contributed by atoms with Crippen molar-refractivity contribution in [3.8, 4) is 61.8 Å². The van der Waals surface area contributed by atoms with Crippen molar-refractivity contribution < 1.29 is 4.74 Å². The van der Waals surface area contributed by atoms with Crippen molar-refractivity contribution in [2.24, 2.45) is 0 Å². The fourth-order valence-corrected chi connectivity index (χ4v) is 10.8. The van der Waals surface area contributed by atoms with Crippen LogP contribution in [0.25, 0.3) is 99.6 Å². The van der Waals surface area contributed by atoms with Crippen LogP contribution >= 0.6 is 0 Å². The maximum atomic E-state index is 6.98. The van der Waals surface area contributed by atoms with Crippen molar-refractivity contribution in [3.05, 3.63) is 219 Å². The van der Waals surface area contributed by atoms with Crippen LogP contribution in [0.5, 0.6) is 5.75 Å². The Hall–Kier alpha value is -8.54. The van der Waals surface area contributed by atoms with E-state index in [0.717, 1.165) is 101 Å². The van der Waals surface area contributed by atoms with Gasteiger partial charge < -0.3 is 13.9 Å². The van der Waals surface area contributed by atoms with Gasteiger partial charge in [-0.1, -0.05) is 133 Å². The molecule has 3 aromatic heterocycles. The highest BCUT2D eigenvalue weighted by Crippen LogP contribution is 2.55. The Labute approximate surface area is 369 Å². The van der Waals surface area contributed by atoms with Crippen molar-refractivity contribution in [2.75, 3.05) is 0 Å². The van der Waals surface area contributed by atoms with Crippen molar-refractivity contribution in [1.82, 2.24) is 18.7 Å². The summed E-state index contributed by atoms with van der Waals surface area (Å²) in [5.41, 5.74) is 18.6. The summed E-state index contributed by atoms with van der Waals surface area (Å²) >= 11 is 0. The number of fused-ring (bicyclic) bond motifs is 16. The summed E-state index contributed by atoms with van der Waals surface area (Å²) in [6.45, 7) is 0. The van der Waals surface area contributed by atoms with Crippen LogP contribution in [-0.2, 0) is 0 Å². The average molecular weight is 818 g/mol. The van der Waals surface area contributed by atoms with E-state index in [4.69, 9.17) is 9.72 Å². The predicted octanol–water partition coefficient (Wildman–Crippen LogP) is 14.4. The third kappa shape index (κ3) is 4.89. The number of rotatable bonds is 3. The van der Waals surface area contributed by atoms with E-state index in [1.165, 1.54) is 21.5 Å². The van der Waals surface area contributed by atoms with Gasteiger partial charge in [0.1, 0.15) is 0 Å². The van der Waals surface area contributed by atoms with Gasteiger partial charge in [0.25, 0.3) is 5.69 Å². The lowest BCUT2D eigenvalue weighted by Crippen LogP contribution is -2.36. The molecule has 0 saturated heterocycles. The van der Waals surface area contributed by atoms with Crippen molar-refractivity contribution in [3.63, 3.8) is 0 Å². The molecule has 1 aliphatic heterocycles. The smallest absolute Gasteiger partial charge is 0.254 e. The Balaban J connectivity index is 1.18. The number of para-hydroxylation sites is 5. The van der Waals surface area contributed by atoms with E-state index >= 15 is 0 Å². The molecule has 64 heavy (non-hydrogen) atoms. The Bertz CT molecular complexity index is 3780. The van der Waals surface area contributed by atoms with E-state index in [9.17, 15) is 0 Å². The summed E-state index contributed by atoms with van der Waals surface area (Å²) in [7, 11) is 0. The lowest BCUT2D eigenvalue weighted by molar-refractivity contribution is 0.303. The van der Waals surface area contributed by atoms with Crippen molar-refractivity contribution in [1.29, 1.82) is 0 Å². The molecule has 0 radical (unpaired) electrons. The molecule has 5 nitrogen and oxygen atoms in total. The fraction of sp³-hybridized carbons (Fsp3) is 0.0169. The van der Waals surface area contributed by atoms with Crippen LogP contribution < -0.4 is 9.31 Å².